The van der Waals surface area contributed by atoms with Crippen LogP contribution in [-0.2, 0) is 12.1 Å². The number of nitrogens with one attached hydrogen (secondary N) is 1. The predicted molar refractivity (Wildman–Crippen MR) is 93.0 cm³/mol. The molecule has 0 aliphatic rings. The van der Waals surface area contributed by atoms with Crippen LogP contribution in [0.15, 0.2) is 53.1 Å². The Balaban J connectivity index is 1.60. The second-order valence-corrected chi connectivity index (χ2v) is 6.29. The normalized spacial score (nSPS) is 13.8. The first-order valence-corrected chi connectivity index (χ1v) is 8.06. The molecule has 3 rings (SSSR count). The third kappa shape index (κ3) is 3.58. The van der Waals surface area contributed by atoms with Crippen LogP contribution in [0.1, 0.15) is 29.7 Å². The molecular weight excluding hydrogens is 302 g/mol. The minimum Gasteiger partial charge on any atom is -0.466 e. The number of rotatable bonds is 6. The van der Waals surface area contributed by atoms with Gasteiger partial charge in [-0.15, -0.1) is 0 Å². The van der Waals surface area contributed by atoms with E-state index >= 15 is 0 Å². The smallest absolute Gasteiger partial charge is 0.107 e. The van der Waals surface area contributed by atoms with Gasteiger partial charge in [-0.1, -0.05) is 18.2 Å². The van der Waals surface area contributed by atoms with Crippen molar-refractivity contribution >= 4 is 0 Å². The van der Waals surface area contributed by atoms with Gasteiger partial charge in [-0.25, -0.2) is 4.68 Å². The van der Waals surface area contributed by atoms with Crippen molar-refractivity contribution < 1.29 is 9.52 Å². The van der Waals surface area contributed by atoms with Gasteiger partial charge in [0.05, 0.1) is 11.4 Å². The quantitative estimate of drug-likeness (QED) is 0.731. The van der Waals surface area contributed by atoms with Crippen LogP contribution in [-0.4, -0.2) is 21.4 Å². The zero-order valence-electron chi connectivity index (χ0n) is 14.3. The van der Waals surface area contributed by atoms with Crippen LogP contribution in [0.2, 0.25) is 0 Å². The first kappa shape index (κ1) is 16.5. The number of para-hydroxylation sites is 1. The van der Waals surface area contributed by atoms with Crippen LogP contribution in [0.4, 0.5) is 0 Å². The summed E-state index contributed by atoms with van der Waals surface area (Å²) < 4.78 is 7.36. The fourth-order valence-electron chi connectivity index (χ4n) is 2.88. The van der Waals surface area contributed by atoms with Crippen LogP contribution in [0.25, 0.3) is 5.69 Å². The summed E-state index contributed by atoms with van der Waals surface area (Å²) in [5.74, 6) is 1.57. The zero-order chi connectivity index (χ0) is 17.2. The highest BCUT2D eigenvalue weighted by Crippen LogP contribution is 2.26. The maximum absolute atomic E-state index is 10.7. The monoisotopic (exact) mass is 325 g/mol. The van der Waals surface area contributed by atoms with Crippen molar-refractivity contribution in [1.29, 1.82) is 0 Å². The lowest BCUT2D eigenvalue weighted by atomic mass is 9.96. The highest BCUT2D eigenvalue weighted by Gasteiger charge is 2.27. The van der Waals surface area contributed by atoms with Crippen LogP contribution in [0.5, 0.6) is 0 Å². The summed E-state index contributed by atoms with van der Waals surface area (Å²) in [7, 11) is 0. The van der Waals surface area contributed by atoms with Crippen molar-refractivity contribution in [2.45, 2.75) is 32.9 Å². The Bertz CT molecular complexity index is 803. The molecule has 5 heteroatoms. The summed E-state index contributed by atoms with van der Waals surface area (Å²) in [6, 6.07) is 13.8. The molecule has 0 spiro atoms. The third-order valence-corrected chi connectivity index (χ3v) is 4.06. The van der Waals surface area contributed by atoms with E-state index in [0.29, 0.717) is 13.1 Å². The van der Waals surface area contributed by atoms with Crippen molar-refractivity contribution in [1.82, 2.24) is 15.1 Å². The van der Waals surface area contributed by atoms with Gasteiger partial charge < -0.3 is 14.8 Å². The molecule has 0 saturated heterocycles. The largest absolute Gasteiger partial charge is 0.466 e. The summed E-state index contributed by atoms with van der Waals surface area (Å²) in [4.78, 5) is 0. The van der Waals surface area contributed by atoms with Crippen LogP contribution in [0.3, 0.4) is 0 Å². The van der Waals surface area contributed by atoms with E-state index in [1.54, 1.807) is 6.92 Å². The molecule has 126 valence electrons. The van der Waals surface area contributed by atoms with Gasteiger partial charge in [0.2, 0.25) is 0 Å². The predicted octanol–water partition coefficient (Wildman–Crippen LogP) is 3.08. The Morgan fingerprint density at radius 3 is 2.62 bits per heavy atom. The van der Waals surface area contributed by atoms with Gasteiger partial charge in [0, 0.05) is 24.8 Å². The minimum atomic E-state index is -0.982. The number of aliphatic hydroxyl groups is 1. The van der Waals surface area contributed by atoms with Crippen LogP contribution in [0, 0.1) is 13.8 Å². The Hall–Kier alpha value is -2.37. The molecule has 24 heavy (non-hydrogen) atoms. The molecule has 2 N–H and O–H groups in total. The molecule has 0 fully saturated rings. The van der Waals surface area contributed by atoms with Crippen molar-refractivity contribution in [2.24, 2.45) is 0 Å². The number of furan rings is 1. The Kier molecular flexibility index (Phi) is 4.55. The number of hydrogen-bond donors (Lipinski definition) is 2. The molecule has 1 atom stereocenters. The fraction of sp³-hybridized carbons (Fsp3) is 0.316. The highest BCUT2D eigenvalue weighted by molar-refractivity contribution is 5.30. The van der Waals surface area contributed by atoms with Gasteiger partial charge in [-0.3, -0.25) is 0 Å². The molecule has 2 heterocycles. The molecule has 0 aliphatic heterocycles. The molecule has 3 aromatic rings. The third-order valence-electron chi connectivity index (χ3n) is 4.06. The van der Waals surface area contributed by atoms with Crippen molar-refractivity contribution in [3.05, 3.63) is 71.4 Å². The van der Waals surface area contributed by atoms with Gasteiger partial charge in [-0.05, 0) is 45.0 Å². The van der Waals surface area contributed by atoms with Crippen molar-refractivity contribution in [3.63, 3.8) is 0 Å². The number of benzene rings is 1. The van der Waals surface area contributed by atoms with Crippen LogP contribution < -0.4 is 5.32 Å². The molecule has 0 saturated carbocycles. The highest BCUT2D eigenvalue weighted by atomic mass is 16.3. The first-order valence-electron chi connectivity index (χ1n) is 8.06. The minimum absolute atomic E-state index is 0.422. The lowest BCUT2D eigenvalue weighted by Gasteiger charge is -2.23. The first-order chi connectivity index (χ1) is 11.5. The van der Waals surface area contributed by atoms with E-state index in [4.69, 9.17) is 4.42 Å². The van der Waals surface area contributed by atoms with E-state index < -0.39 is 5.60 Å². The van der Waals surface area contributed by atoms with E-state index in [1.165, 1.54) is 0 Å². The number of aryl methyl sites for hydroxylation is 2. The maximum Gasteiger partial charge on any atom is 0.107 e. The molecule has 1 aromatic carbocycles. The summed E-state index contributed by atoms with van der Waals surface area (Å²) in [5.41, 5.74) is 1.79. The van der Waals surface area contributed by atoms with E-state index in [0.717, 1.165) is 28.5 Å². The Morgan fingerprint density at radius 1 is 1.21 bits per heavy atom. The standard InChI is InChI=1S/C19H23N3O2/c1-14-11-18(15(2)24-14)19(3,23)13-20-12-16-9-10-22(21-16)17-7-5-4-6-8-17/h4-11,20,23H,12-13H2,1-3H3. The maximum atomic E-state index is 10.7. The second-order valence-electron chi connectivity index (χ2n) is 6.29. The van der Waals surface area contributed by atoms with E-state index in [9.17, 15) is 5.11 Å². The van der Waals surface area contributed by atoms with E-state index in [2.05, 4.69) is 10.4 Å². The lowest BCUT2D eigenvalue weighted by Crippen LogP contribution is -2.35. The molecule has 0 radical (unpaired) electrons. The number of aromatic nitrogens is 2. The molecule has 1 unspecified atom stereocenters. The molecule has 0 amide bonds. The Labute approximate surface area is 141 Å². The molecule has 2 aromatic heterocycles. The van der Waals surface area contributed by atoms with E-state index in [1.807, 2.05) is 67.2 Å². The van der Waals surface area contributed by atoms with E-state index in [-0.39, 0.29) is 0 Å². The summed E-state index contributed by atoms with van der Waals surface area (Å²) >= 11 is 0. The fourth-order valence-corrected chi connectivity index (χ4v) is 2.88. The average Bonchev–Trinajstić information content (AvgIpc) is 3.15. The lowest BCUT2D eigenvalue weighted by molar-refractivity contribution is 0.0551. The second kappa shape index (κ2) is 6.63. The van der Waals surface area contributed by atoms with Crippen molar-refractivity contribution in [3.8, 4) is 5.69 Å². The van der Waals surface area contributed by atoms with Gasteiger partial charge in [0.1, 0.15) is 17.1 Å². The average molecular weight is 325 g/mol. The summed E-state index contributed by atoms with van der Waals surface area (Å²) in [6.45, 7) is 6.56. The van der Waals surface area contributed by atoms with Gasteiger partial charge >= 0.3 is 0 Å². The van der Waals surface area contributed by atoms with Crippen molar-refractivity contribution in [2.75, 3.05) is 6.54 Å². The molecular formula is C19H23N3O2. The van der Waals surface area contributed by atoms with Gasteiger partial charge in [-0.2, -0.15) is 5.10 Å². The number of hydrogen-bond acceptors (Lipinski definition) is 4. The van der Waals surface area contributed by atoms with Gasteiger partial charge in [0.25, 0.3) is 0 Å². The van der Waals surface area contributed by atoms with Gasteiger partial charge in [0.15, 0.2) is 0 Å². The SMILES string of the molecule is Cc1cc(C(C)(O)CNCc2ccn(-c3ccccc3)n2)c(C)o1. The Morgan fingerprint density at radius 2 is 1.96 bits per heavy atom. The number of nitrogens with zero attached hydrogens (tertiary/aromatic N) is 2. The summed E-state index contributed by atoms with van der Waals surface area (Å²) in [5, 5.41) is 18.5. The molecule has 5 nitrogen and oxygen atoms in total. The van der Waals surface area contributed by atoms with Crippen LogP contribution >= 0.6 is 0 Å². The topological polar surface area (TPSA) is 63.2 Å². The zero-order valence-corrected chi connectivity index (χ0v) is 14.3. The summed E-state index contributed by atoms with van der Waals surface area (Å²) in [6.07, 6.45) is 1.94. The molecule has 0 aliphatic carbocycles. The molecule has 0 bridgehead atoms.